The summed E-state index contributed by atoms with van der Waals surface area (Å²) < 4.78 is 0. The van der Waals surface area contributed by atoms with Gasteiger partial charge in [0.25, 0.3) is 0 Å². The topological polar surface area (TPSA) is 3.24 Å². The molecule has 1 aromatic rings. The Bertz CT molecular complexity index is 394. The number of nitrogens with zero attached hydrogens (tertiary/aromatic N) is 1. The molecular weight excluding hydrogens is 310 g/mol. The third kappa shape index (κ3) is 3.21. The number of hydrogen-bond acceptors (Lipinski definition) is 1. The number of benzene rings is 1. The summed E-state index contributed by atoms with van der Waals surface area (Å²) in [6, 6.07) is 7.10. The molecule has 0 radical (unpaired) electrons. The summed E-state index contributed by atoms with van der Waals surface area (Å²) in [5, 5.41) is 1.76. The molecule has 1 atom stereocenters. The first-order chi connectivity index (χ1) is 8.76. The van der Waals surface area contributed by atoms with Crippen molar-refractivity contribution in [1.82, 2.24) is 0 Å². The minimum atomic E-state index is 0.653. The largest absolute Gasteiger partial charge is 0.367 e. The fourth-order valence-corrected chi connectivity index (χ4v) is 3.45. The molecule has 0 spiro atoms. The minimum Gasteiger partial charge on any atom is -0.367 e. The summed E-state index contributed by atoms with van der Waals surface area (Å²) >= 11 is 9.93. The zero-order chi connectivity index (χ0) is 13.0. The van der Waals surface area contributed by atoms with Gasteiger partial charge < -0.3 is 4.90 Å². The van der Waals surface area contributed by atoms with Crippen LogP contribution in [0.5, 0.6) is 0 Å². The molecule has 1 aliphatic heterocycles. The molecule has 0 aliphatic carbocycles. The van der Waals surface area contributed by atoms with Gasteiger partial charge in [-0.25, -0.2) is 0 Å². The Morgan fingerprint density at radius 1 is 1.33 bits per heavy atom. The van der Waals surface area contributed by atoms with Gasteiger partial charge in [0.1, 0.15) is 0 Å². The molecule has 1 aliphatic rings. The summed E-state index contributed by atoms with van der Waals surface area (Å²) in [5.74, 6) is 0. The highest BCUT2D eigenvalue weighted by molar-refractivity contribution is 9.08. The van der Waals surface area contributed by atoms with Gasteiger partial charge in [-0.1, -0.05) is 53.4 Å². The van der Waals surface area contributed by atoms with Gasteiger partial charge in [-0.3, -0.25) is 0 Å². The number of hydrogen-bond donors (Lipinski definition) is 0. The highest BCUT2D eigenvalue weighted by Gasteiger charge is 2.21. The van der Waals surface area contributed by atoms with Crippen LogP contribution < -0.4 is 4.90 Å². The van der Waals surface area contributed by atoms with Crippen molar-refractivity contribution >= 4 is 33.2 Å². The summed E-state index contributed by atoms with van der Waals surface area (Å²) in [5.41, 5.74) is 2.46. The minimum absolute atomic E-state index is 0.653. The third-order valence-corrected chi connectivity index (χ3v) is 4.77. The molecule has 2 rings (SSSR count). The van der Waals surface area contributed by atoms with E-state index in [-0.39, 0.29) is 0 Å². The van der Waals surface area contributed by atoms with Gasteiger partial charge in [0.15, 0.2) is 0 Å². The van der Waals surface area contributed by atoms with E-state index in [1.807, 2.05) is 0 Å². The SMILES string of the molecule is CCC1CCCCCN1c1ccc(CBr)cc1Cl. The van der Waals surface area contributed by atoms with Crippen molar-refractivity contribution in [3.8, 4) is 0 Å². The maximum Gasteiger partial charge on any atom is 0.0642 e. The average Bonchev–Trinajstić information content (AvgIpc) is 2.63. The molecule has 0 saturated carbocycles. The van der Waals surface area contributed by atoms with Gasteiger partial charge in [0, 0.05) is 17.9 Å². The molecule has 0 amide bonds. The van der Waals surface area contributed by atoms with E-state index in [0.717, 1.165) is 16.9 Å². The molecule has 3 heteroatoms. The first-order valence-electron chi connectivity index (χ1n) is 6.87. The second kappa shape index (κ2) is 6.81. The van der Waals surface area contributed by atoms with E-state index in [9.17, 15) is 0 Å². The van der Waals surface area contributed by atoms with E-state index >= 15 is 0 Å². The van der Waals surface area contributed by atoms with Gasteiger partial charge in [0.2, 0.25) is 0 Å². The van der Waals surface area contributed by atoms with Crippen LogP contribution in [-0.4, -0.2) is 12.6 Å². The van der Waals surface area contributed by atoms with Crippen molar-refractivity contribution in [3.63, 3.8) is 0 Å². The lowest BCUT2D eigenvalue weighted by Gasteiger charge is -2.32. The molecule has 0 bridgehead atoms. The molecule has 18 heavy (non-hydrogen) atoms. The van der Waals surface area contributed by atoms with E-state index in [1.54, 1.807) is 0 Å². The van der Waals surface area contributed by atoms with E-state index in [0.29, 0.717) is 6.04 Å². The predicted octanol–water partition coefficient (Wildman–Crippen LogP) is 5.39. The van der Waals surface area contributed by atoms with Crippen LogP contribution in [0.1, 0.15) is 44.6 Å². The Labute approximate surface area is 124 Å². The van der Waals surface area contributed by atoms with Crippen molar-refractivity contribution in [3.05, 3.63) is 28.8 Å². The highest BCUT2D eigenvalue weighted by Crippen LogP contribution is 2.32. The fourth-order valence-electron chi connectivity index (χ4n) is 2.79. The molecule has 100 valence electrons. The molecular formula is C15H21BrClN. The average molecular weight is 331 g/mol. The van der Waals surface area contributed by atoms with E-state index < -0.39 is 0 Å². The van der Waals surface area contributed by atoms with Gasteiger partial charge in [-0.2, -0.15) is 0 Å². The molecule has 1 fully saturated rings. The quantitative estimate of drug-likeness (QED) is 0.671. The second-order valence-electron chi connectivity index (χ2n) is 5.02. The summed E-state index contributed by atoms with van der Waals surface area (Å²) in [6.45, 7) is 3.43. The van der Waals surface area contributed by atoms with Crippen LogP contribution >= 0.6 is 27.5 Å². The van der Waals surface area contributed by atoms with Crippen LogP contribution in [-0.2, 0) is 5.33 Å². The second-order valence-corrected chi connectivity index (χ2v) is 5.99. The Hall–Kier alpha value is -0.210. The van der Waals surface area contributed by atoms with Crippen LogP contribution in [0.2, 0.25) is 5.02 Å². The zero-order valence-corrected chi connectivity index (χ0v) is 13.3. The van der Waals surface area contributed by atoms with Crippen molar-refractivity contribution in [1.29, 1.82) is 0 Å². The molecule has 0 N–H and O–H groups in total. The summed E-state index contributed by atoms with van der Waals surface area (Å²) in [7, 11) is 0. The van der Waals surface area contributed by atoms with Gasteiger partial charge >= 0.3 is 0 Å². The summed E-state index contributed by atoms with van der Waals surface area (Å²) in [6.07, 6.45) is 6.49. The molecule has 1 nitrogen and oxygen atoms in total. The maximum atomic E-state index is 6.45. The Kier molecular flexibility index (Phi) is 5.38. The number of anilines is 1. The predicted molar refractivity (Wildman–Crippen MR) is 84.0 cm³/mol. The van der Waals surface area contributed by atoms with Gasteiger partial charge in [-0.15, -0.1) is 0 Å². The molecule has 1 saturated heterocycles. The lowest BCUT2D eigenvalue weighted by atomic mass is 10.1. The molecule has 1 unspecified atom stereocenters. The normalized spacial score (nSPS) is 20.8. The van der Waals surface area contributed by atoms with Crippen LogP contribution in [0.15, 0.2) is 18.2 Å². The van der Waals surface area contributed by atoms with Gasteiger partial charge in [0.05, 0.1) is 10.7 Å². The van der Waals surface area contributed by atoms with Crippen LogP contribution in [0.4, 0.5) is 5.69 Å². The van der Waals surface area contributed by atoms with E-state index in [1.165, 1.54) is 43.4 Å². The zero-order valence-electron chi connectivity index (χ0n) is 11.0. The Balaban J connectivity index is 2.27. The maximum absolute atomic E-state index is 6.45. The number of halogens is 2. The standard InChI is InChI=1S/C15H21BrClN/c1-2-13-6-4-3-5-9-18(13)15-8-7-12(11-16)10-14(15)17/h7-8,10,13H,2-6,9,11H2,1H3. The number of rotatable bonds is 3. The smallest absolute Gasteiger partial charge is 0.0642 e. The monoisotopic (exact) mass is 329 g/mol. The van der Waals surface area contributed by atoms with Crippen molar-refractivity contribution < 1.29 is 0 Å². The van der Waals surface area contributed by atoms with E-state index in [2.05, 4.69) is 46.0 Å². The van der Waals surface area contributed by atoms with Crippen LogP contribution in [0, 0.1) is 0 Å². The highest BCUT2D eigenvalue weighted by atomic mass is 79.9. The lowest BCUT2D eigenvalue weighted by Crippen LogP contribution is -2.34. The fraction of sp³-hybridized carbons (Fsp3) is 0.600. The molecule has 1 aromatic carbocycles. The van der Waals surface area contributed by atoms with Crippen molar-refractivity contribution in [2.75, 3.05) is 11.4 Å². The Morgan fingerprint density at radius 3 is 2.83 bits per heavy atom. The van der Waals surface area contributed by atoms with Crippen LogP contribution in [0.25, 0.3) is 0 Å². The molecule has 1 heterocycles. The first kappa shape index (κ1) is 14.2. The summed E-state index contributed by atoms with van der Waals surface area (Å²) in [4.78, 5) is 2.52. The third-order valence-electron chi connectivity index (χ3n) is 3.82. The van der Waals surface area contributed by atoms with Crippen molar-refractivity contribution in [2.24, 2.45) is 0 Å². The number of alkyl halides is 1. The molecule has 0 aromatic heterocycles. The lowest BCUT2D eigenvalue weighted by molar-refractivity contribution is 0.556. The van der Waals surface area contributed by atoms with Crippen molar-refractivity contribution in [2.45, 2.75) is 50.4 Å². The first-order valence-corrected chi connectivity index (χ1v) is 8.37. The van der Waals surface area contributed by atoms with Crippen LogP contribution in [0.3, 0.4) is 0 Å². The van der Waals surface area contributed by atoms with E-state index in [4.69, 9.17) is 11.6 Å². The van der Waals surface area contributed by atoms with Gasteiger partial charge in [-0.05, 0) is 37.0 Å². The Morgan fingerprint density at radius 2 is 2.17 bits per heavy atom.